The second kappa shape index (κ2) is 7.19. The van der Waals surface area contributed by atoms with Crippen LogP contribution in [0.5, 0.6) is 5.75 Å². The molecular weight excluding hydrogens is 294 g/mol. The highest BCUT2D eigenvalue weighted by Gasteiger charge is 2.14. The number of rotatable bonds is 8. The summed E-state index contributed by atoms with van der Waals surface area (Å²) in [6, 6.07) is 6.30. The molecule has 8 heteroatoms. The molecule has 0 atom stereocenters. The minimum Gasteiger partial charge on any atom is -0.468 e. The van der Waals surface area contributed by atoms with E-state index < -0.39 is 9.84 Å². The molecule has 0 saturated heterocycles. The predicted octanol–water partition coefficient (Wildman–Crippen LogP) is 1.12. The Hall–Kier alpha value is -1.93. The SMILES string of the molecule is COCOc1ccc(S(=O)(=O)CCCn2ccnn2)cc1. The van der Waals surface area contributed by atoms with Crippen LogP contribution in [0.2, 0.25) is 0 Å². The van der Waals surface area contributed by atoms with Crippen molar-refractivity contribution >= 4 is 9.84 Å². The maximum atomic E-state index is 12.2. The third kappa shape index (κ3) is 4.54. The molecule has 0 aliphatic heterocycles. The number of sulfone groups is 1. The molecule has 0 aliphatic carbocycles. The van der Waals surface area contributed by atoms with E-state index in [2.05, 4.69) is 10.3 Å². The zero-order chi connectivity index (χ0) is 15.1. The highest BCUT2D eigenvalue weighted by atomic mass is 32.2. The van der Waals surface area contributed by atoms with Crippen LogP contribution in [0.25, 0.3) is 0 Å². The molecule has 0 bridgehead atoms. The summed E-state index contributed by atoms with van der Waals surface area (Å²) in [5.41, 5.74) is 0. The molecule has 2 aromatic rings. The summed E-state index contributed by atoms with van der Waals surface area (Å²) in [6.45, 7) is 0.651. The maximum absolute atomic E-state index is 12.2. The topological polar surface area (TPSA) is 83.3 Å². The smallest absolute Gasteiger partial charge is 0.188 e. The van der Waals surface area contributed by atoms with E-state index in [4.69, 9.17) is 9.47 Å². The minimum absolute atomic E-state index is 0.0606. The first-order chi connectivity index (χ1) is 10.1. The zero-order valence-corrected chi connectivity index (χ0v) is 12.5. The van der Waals surface area contributed by atoms with Crippen molar-refractivity contribution in [3.05, 3.63) is 36.7 Å². The Morgan fingerprint density at radius 2 is 2.00 bits per heavy atom. The normalized spacial score (nSPS) is 11.5. The molecule has 0 N–H and O–H groups in total. The second-order valence-corrected chi connectivity index (χ2v) is 6.47. The Bertz CT molecular complexity index is 639. The number of hydrogen-bond acceptors (Lipinski definition) is 6. The summed E-state index contributed by atoms with van der Waals surface area (Å²) in [6.07, 6.45) is 3.75. The van der Waals surface area contributed by atoms with E-state index in [1.54, 1.807) is 29.2 Å². The molecule has 2 rings (SSSR count). The third-order valence-corrected chi connectivity index (χ3v) is 4.62. The molecule has 0 aliphatic rings. The Balaban J connectivity index is 1.92. The number of aromatic nitrogens is 3. The summed E-state index contributed by atoms with van der Waals surface area (Å²) in [4.78, 5) is 0.283. The number of nitrogens with zero attached hydrogens (tertiary/aromatic N) is 3. The van der Waals surface area contributed by atoms with Gasteiger partial charge in [-0.1, -0.05) is 5.21 Å². The molecule has 0 saturated carbocycles. The number of hydrogen-bond donors (Lipinski definition) is 0. The standard InChI is InChI=1S/C13H17N3O4S/c1-19-11-20-12-3-5-13(6-4-12)21(17,18)10-2-8-16-9-7-14-15-16/h3-7,9H,2,8,10-11H2,1H3. The molecule has 0 unspecified atom stereocenters. The van der Waals surface area contributed by atoms with Gasteiger partial charge in [0.05, 0.1) is 16.8 Å². The Labute approximate surface area is 123 Å². The lowest BCUT2D eigenvalue weighted by Crippen LogP contribution is -2.10. The molecule has 1 aromatic carbocycles. The lowest BCUT2D eigenvalue weighted by Gasteiger charge is -2.07. The minimum atomic E-state index is -3.30. The molecule has 1 heterocycles. The Morgan fingerprint density at radius 1 is 1.24 bits per heavy atom. The number of aryl methyl sites for hydroxylation is 1. The van der Waals surface area contributed by atoms with Crippen LogP contribution >= 0.6 is 0 Å². The van der Waals surface area contributed by atoms with Gasteiger partial charge >= 0.3 is 0 Å². The molecule has 0 fully saturated rings. The fraction of sp³-hybridized carbons (Fsp3) is 0.385. The van der Waals surface area contributed by atoms with Gasteiger partial charge in [0.15, 0.2) is 16.6 Å². The maximum Gasteiger partial charge on any atom is 0.188 e. The van der Waals surface area contributed by atoms with Crippen LogP contribution in [0.4, 0.5) is 0 Å². The van der Waals surface area contributed by atoms with E-state index in [1.165, 1.54) is 19.2 Å². The summed E-state index contributed by atoms with van der Waals surface area (Å²) in [5.74, 6) is 0.629. The lowest BCUT2D eigenvalue weighted by molar-refractivity contribution is 0.0511. The van der Waals surface area contributed by atoms with E-state index in [9.17, 15) is 8.42 Å². The fourth-order valence-electron chi connectivity index (χ4n) is 1.76. The summed E-state index contributed by atoms with van der Waals surface area (Å²) < 4.78 is 36.0. The molecule has 1 aromatic heterocycles. The van der Waals surface area contributed by atoms with Crippen LogP contribution in [0.3, 0.4) is 0 Å². The molecule has 21 heavy (non-hydrogen) atoms. The van der Waals surface area contributed by atoms with Crippen molar-refractivity contribution in [2.45, 2.75) is 17.9 Å². The van der Waals surface area contributed by atoms with E-state index in [1.807, 2.05) is 0 Å². The van der Waals surface area contributed by atoms with E-state index in [-0.39, 0.29) is 17.4 Å². The monoisotopic (exact) mass is 311 g/mol. The van der Waals surface area contributed by atoms with Gasteiger partial charge in [-0.2, -0.15) is 0 Å². The highest BCUT2D eigenvalue weighted by molar-refractivity contribution is 7.91. The van der Waals surface area contributed by atoms with Gasteiger partial charge in [0, 0.05) is 19.9 Å². The average molecular weight is 311 g/mol. The first-order valence-electron chi connectivity index (χ1n) is 6.40. The van der Waals surface area contributed by atoms with Crippen molar-refractivity contribution in [2.24, 2.45) is 0 Å². The van der Waals surface area contributed by atoms with Crippen LogP contribution in [0.1, 0.15) is 6.42 Å². The van der Waals surface area contributed by atoms with Gasteiger partial charge in [-0.25, -0.2) is 8.42 Å². The van der Waals surface area contributed by atoms with Crippen molar-refractivity contribution in [3.63, 3.8) is 0 Å². The predicted molar refractivity (Wildman–Crippen MR) is 75.6 cm³/mol. The Kier molecular flexibility index (Phi) is 5.29. The van der Waals surface area contributed by atoms with Crippen molar-refractivity contribution in [1.82, 2.24) is 15.0 Å². The highest BCUT2D eigenvalue weighted by Crippen LogP contribution is 2.17. The molecular formula is C13H17N3O4S. The second-order valence-electron chi connectivity index (χ2n) is 4.36. The number of methoxy groups -OCH3 is 1. The summed E-state index contributed by atoms with van der Waals surface area (Å²) in [5, 5.41) is 7.46. The van der Waals surface area contributed by atoms with E-state index in [0.717, 1.165) is 0 Å². The molecule has 114 valence electrons. The Morgan fingerprint density at radius 3 is 2.62 bits per heavy atom. The number of ether oxygens (including phenoxy) is 2. The average Bonchev–Trinajstić information content (AvgIpc) is 2.98. The first kappa shape index (κ1) is 15.5. The number of benzene rings is 1. The van der Waals surface area contributed by atoms with Crippen LogP contribution in [0, 0.1) is 0 Å². The van der Waals surface area contributed by atoms with Crippen molar-refractivity contribution in [3.8, 4) is 5.75 Å². The summed E-state index contributed by atoms with van der Waals surface area (Å²) in [7, 11) is -1.78. The van der Waals surface area contributed by atoms with Gasteiger partial charge in [0.2, 0.25) is 0 Å². The quantitative estimate of drug-likeness (QED) is 0.679. The van der Waals surface area contributed by atoms with Gasteiger partial charge in [-0.05, 0) is 30.7 Å². The molecule has 0 radical (unpaired) electrons. The molecule has 0 spiro atoms. The van der Waals surface area contributed by atoms with E-state index in [0.29, 0.717) is 18.7 Å². The van der Waals surface area contributed by atoms with Crippen LogP contribution in [-0.2, 0) is 21.1 Å². The van der Waals surface area contributed by atoms with Crippen LogP contribution < -0.4 is 4.74 Å². The lowest BCUT2D eigenvalue weighted by atomic mass is 10.3. The first-order valence-corrected chi connectivity index (χ1v) is 8.06. The van der Waals surface area contributed by atoms with Crippen molar-refractivity contribution < 1.29 is 17.9 Å². The van der Waals surface area contributed by atoms with Crippen molar-refractivity contribution in [2.75, 3.05) is 19.7 Å². The van der Waals surface area contributed by atoms with Crippen molar-refractivity contribution in [1.29, 1.82) is 0 Å². The zero-order valence-electron chi connectivity index (χ0n) is 11.7. The molecule has 7 nitrogen and oxygen atoms in total. The molecule has 0 amide bonds. The van der Waals surface area contributed by atoms with Gasteiger partial charge in [0.25, 0.3) is 0 Å². The fourth-order valence-corrected chi connectivity index (χ4v) is 3.05. The van der Waals surface area contributed by atoms with Gasteiger partial charge in [-0.15, -0.1) is 5.10 Å². The van der Waals surface area contributed by atoms with Crippen LogP contribution in [0.15, 0.2) is 41.6 Å². The largest absolute Gasteiger partial charge is 0.468 e. The van der Waals surface area contributed by atoms with Gasteiger partial charge in [-0.3, -0.25) is 4.68 Å². The third-order valence-electron chi connectivity index (χ3n) is 2.80. The van der Waals surface area contributed by atoms with Gasteiger partial charge in [0.1, 0.15) is 5.75 Å². The van der Waals surface area contributed by atoms with Crippen LogP contribution in [-0.4, -0.2) is 43.1 Å². The van der Waals surface area contributed by atoms with E-state index >= 15 is 0 Å². The summed E-state index contributed by atoms with van der Waals surface area (Å²) >= 11 is 0. The van der Waals surface area contributed by atoms with Gasteiger partial charge < -0.3 is 9.47 Å².